The van der Waals surface area contributed by atoms with Crippen molar-refractivity contribution in [3.05, 3.63) is 69.9 Å². The maximum absolute atomic E-state index is 12.5. The molecule has 3 aromatic rings. The minimum atomic E-state index is -0.464. The number of nitrogens with one attached hydrogen (secondary N) is 2. The third-order valence-corrected chi connectivity index (χ3v) is 4.25. The summed E-state index contributed by atoms with van der Waals surface area (Å²) in [5, 5.41) is 10.2. The van der Waals surface area contributed by atoms with E-state index in [1.807, 2.05) is 6.07 Å². The molecule has 1 aromatic carbocycles. The van der Waals surface area contributed by atoms with Crippen LogP contribution >= 0.6 is 23.2 Å². The van der Waals surface area contributed by atoms with Crippen LogP contribution in [0.15, 0.2) is 47.2 Å². The number of carbonyl (C=O) groups is 2. The van der Waals surface area contributed by atoms with Crippen molar-refractivity contribution in [2.45, 2.75) is 6.42 Å². The molecule has 2 amide bonds. The third kappa shape index (κ3) is 4.69. The minimum absolute atomic E-state index is 0.107. The van der Waals surface area contributed by atoms with Crippen molar-refractivity contribution in [3.8, 4) is 0 Å². The third-order valence-electron chi connectivity index (χ3n) is 3.70. The summed E-state index contributed by atoms with van der Waals surface area (Å²) in [5.41, 5.74) is 0.633. The van der Waals surface area contributed by atoms with Gasteiger partial charge in [0.05, 0.1) is 22.5 Å². The maximum Gasteiger partial charge on any atom is 0.273 e. The van der Waals surface area contributed by atoms with Gasteiger partial charge in [-0.1, -0.05) is 23.2 Å². The van der Waals surface area contributed by atoms with Gasteiger partial charge in [-0.3, -0.25) is 14.3 Å². The zero-order valence-electron chi connectivity index (χ0n) is 14.3. The molecule has 2 aromatic heterocycles. The van der Waals surface area contributed by atoms with Crippen LogP contribution in [0, 0.1) is 0 Å². The van der Waals surface area contributed by atoms with Crippen LogP contribution in [0.25, 0.3) is 0 Å². The molecule has 0 atom stereocenters. The molecule has 0 fully saturated rings. The number of halogens is 2. The predicted octanol–water partition coefficient (Wildman–Crippen LogP) is 3.54. The molecule has 0 unspecified atom stereocenters. The molecule has 0 saturated heterocycles. The first-order valence-electron chi connectivity index (χ1n) is 8.04. The highest BCUT2D eigenvalue weighted by Gasteiger charge is 2.19. The number of carbonyl (C=O) groups excluding carboxylic acids is 2. The summed E-state index contributed by atoms with van der Waals surface area (Å²) < 4.78 is 6.67. The first-order chi connectivity index (χ1) is 12.9. The van der Waals surface area contributed by atoms with Gasteiger partial charge < -0.3 is 15.1 Å². The molecule has 0 spiro atoms. The Balaban J connectivity index is 1.69. The van der Waals surface area contributed by atoms with Gasteiger partial charge in [-0.15, -0.1) is 0 Å². The van der Waals surface area contributed by atoms with E-state index < -0.39 is 11.8 Å². The van der Waals surface area contributed by atoms with Gasteiger partial charge in [0.25, 0.3) is 11.8 Å². The van der Waals surface area contributed by atoms with E-state index in [1.54, 1.807) is 31.6 Å². The van der Waals surface area contributed by atoms with Crippen LogP contribution in [0.2, 0.25) is 10.0 Å². The SMILES string of the molecule is Cn1cc(NC(=O)c2ccc(Cl)cc2Cl)c(C(=O)NCCc2ccco2)n1. The molecule has 0 aliphatic carbocycles. The molecule has 140 valence electrons. The van der Waals surface area contributed by atoms with Crippen LogP contribution in [-0.2, 0) is 13.5 Å². The number of benzene rings is 1. The summed E-state index contributed by atoms with van der Waals surface area (Å²) in [6.07, 6.45) is 3.67. The number of aromatic nitrogens is 2. The van der Waals surface area contributed by atoms with Gasteiger partial charge in [-0.25, -0.2) is 0 Å². The average molecular weight is 407 g/mol. The van der Waals surface area contributed by atoms with Crippen molar-refractivity contribution >= 4 is 40.7 Å². The van der Waals surface area contributed by atoms with Crippen LogP contribution in [0.4, 0.5) is 5.69 Å². The molecule has 7 nitrogen and oxygen atoms in total. The summed E-state index contributed by atoms with van der Waals surface area (Å²) in [6, 6.07) is 8.16. The van der Waals surface area contributed by atoms with Gasteiger partial charge in [0.2, 0.25) is 0 Å². The fraction of sp³-hybridized carbons (Fsp3) is 0.167. The van der Waals surface area contributed by atoms with E-state index in [0.29, 0.717) is 18.0 Å². The van der Waals surface area contributed by atoms with Crippen molar-refractivity contribution in [1.29, 1.82) is 0 Å². The largest absolute Gasteiger partial charge is 0.469 e. The molecular weight excluding hydrogens is 391 g/mol. The minimum Gasteiger partial charge on any atom is -0.469 e. The second kappa shape index (κ2) is 8.28. The summed E-state index contributed by atoms with van der Waals surface area (Å²) in [6.45, 7) is 0.374. The Morgan fingerprint density at radius 2 is 2.04 bits per heavy atom. The van der Waals surface area contributed by atoms with Crippen LogP contribution in [0.5, 0.6) is 0 Å². The molecule has 0 aliphatic heterocycles. The van der Waals surface area contributed by atoms with Crippen molar-refractivity contribution in [2.75, 3.05) is 11.9 Å². The van der Waals surface area contributed by atoms with Gasteiger partial charge in [0.1, 0.15) is 5.76 Å². The Kier molecular flexibility index (Phi) is 5.83. The summed E-state index contributed by atoms with van der Waals surface area (Å²) in [4.78, 5) is 24.9. The van der Waals surface area contributed by atoms with Crippen molar-refractivity contribution in [2.24, 2.45) is 7.05 Å². The van der Waals surface area contributed by atoms with Crippen LogP contribution in [-0.4, -0.2) is 28.1 Å². The molecule has 9 heteroatoms. The van der Waals surface area contributed by atoms with Crippen LogP contribution < -0.4 is 10.6 Å². The Morgan fingerprint density at radius 1 is 1.22 bits per heavy atom. The Hall–Kier alpha value is -2.77. The summed E-state index contributed by atoms with van der Waals surface area (Å²) in [5.74, 6) is -0.101. The van der Waals surface area contributed by atoms with Crippen molar-refractivity contribution in [1.82, 2.24) is 15.1 Å². The van der Waals surface area contributed by atoms with Crippen molar-refractivity contribution < 1.29 is 14.0 Å². The highest BCUT2D eigenvalue weighted by atomic mass is 35.5. The lowest BCUT2D eigenvalue weighted by molar-refractivity contribution is 0.0949. The Bertz CT molecular complexity index is 967. The van der Waals surface area contributed by atoms with E-state index in [4.69, 9.17) is 27.6 Å². The predicted molar refractivity (Wildman–Crippen MR) is 102 cm³/mol. The zero-order valence-corrected chi connectivity index (χ0v) is 15.8. The highest BCUT2D eigenvalue weighted by molar-refractivity contribution is 6.37. The lowest BCUT2D eigenvalue weighted by Crippen LogP contribution is -2.27. The van der Waals surface area contributed by atoms with E-state index in [2.05, 4.69) is 15.7 Å². The van der Waals surface area contributed by atoms with E-state index in [-0.39, 0.29) is 22.0 Å². The molecular formula is C18H16Cl2N4O3. The van der Waals surface area contributed by atoms with Gasteiger partial charge in [0.15, 0.2) is 5.69 Å². The number of furan rings is 1. The van der Waals surface area contributed by atoms with Crippen LogP contribution in [0.1, 0.15) is 26.6 Å². The summed E-state index contributed by atoms with van der Waals surface area (Å²) >= 11 is 11.9. The van der Waals surface area contributed by atoms with Gasteiger partial charge in [0, 0.05) is 31.2 Å². The molecule has 2 heterocycles. The summed E-state index contributed by atoms with van der Waals surface area (Å²) in [7, 11) is 1.66. The fourth-order valence-corrected chi connectivity index (χ4v) is 2.94. The molecule has 0 saturated carbocycles. The quantitative estimate of drug-likeness (QED) is 0.654. The van der Waals surface area contributed by atoms with E-state index in [9.17, 15) is 9.59 Å². The number of hydrogen-bond acceptors (Lipinski definition) is 4. The van der Waals surface area contributed by atoms with Crippen LogP contribution in [0.3, 0.4) is 0 Å². The Morgan fingerprint density at radius 3 is 2.74 bits per heavy atom. The molecule has 27 heavy (non-hydrogen) atoms. The number of hydrogen-bond donors (Lipinski definition) is 2. The topological polar surface area (TPSA) is 89.2 Å². The number of nitrogens with zero attached hydrogens (tertiary/aromatic N) is 2. The van der Waals surface area contributed by atoms with E-state index >= 15 is 0 Å². The second-order valence-electron chi connectivity index (χ2n) is 5.73. The lowest BCUT2D eigenvalue weighted by atomic mass is 10.2. The molecule has 2 N–H and O–H groups in total. The maximum atomic E-state index is 12.5. The first-order valence-corrected chi connectivity index (χ1v) is 8.80. The van der Waals surface area contributed by atoms with Gasteiger partial charge >= 0.3 is 0 Å². The number of amides is 2. The van der Waals surface area contributed by atoms with Gasteiger partial charge in [-0.05, 0) is 30.3 Å². The monoisotopic (exact) mass is 406 g/mol. The lowest BCUT2D eigenvalue weighted by Gasteiger charge is -2.07. The normalized spacial score (nSPS) is 10.6. The molecule has 0 radical (unpaired) electrons. The van der Waals surface area contributed by atoms with Crippen molar-refractivity contribution in [3.63, 3.8) is 0 Å². The molecule has 3 rings (SSSR count). The first kappa shape index (κ1) is 19.0. The fourth-order valence-electron chi connectivity index (χ4n) is 2.45. The smallest absolute Gasteiger partial charge is 0.273 e. The molecule has 0 bridgehead atoms. The van der Waals surface area contributed by atoms with E-state index in [0.717, 1.165) is 5.76 Å². The molecule has 0 aliphatic rings. The Labute approximate surface area is 165 Å². The highest BCUT2D eigenvalue weighted by Crippen LogP contribution is 2.23. The zero-order chi connectivity index (χ0) is 19.4. The number of rotatable bonds is 6. The standard InChI is InChI=1S/C18H16Cl2N4O3/c1-24-10-15(22-17(25)13-5-4-11(19)9-14(13)20)16(23-24)18(26)21-7-6-12-3-2-8-27-12/h2-5,8-10H,6-7H2,1H3,(H,21,26)(H,22,25). The number of anilines is 1. The second-order valence-corrected chi connectivity index (χ2v) is 6.57. The van der Waals surface area contributed by atoms with E-state index in [1.165, 1.54) is 16.8 Å². The average Bonchev–Trinajstić information content (AvgIpc) is 3.24. The number of aryl methyl sites for hydroxylation is 1. The van der Waals surface area contributed by atoms with Gasteiger partial charge in [-0.2, -0.15) is 5.10 Å².